The van der Waals surface area contributed by atoms with Crippen molar-refractivity contribution < 1.29 is 4.99 Å². The molecule has 12 heavy (non-hydrogen) atoms. The summed E-state index contributed by atoms with van der Waals surface area (Å²) in [6, 6.07) is 5.98. The molecule has 0 spiro atoms. The van der Waals surface area contributed by atoms with E-state index in [0.29, 0.717) is 0 Å². The topological polar surface area (TPSA) is 66.0 Å². The Balaban J connectivity index is 3.05. The predicted molar refractivity (Wildman–Crippen MR) is 49.9 cm³/mol. The molecule has 0 heterocycles. The van der Waals surface area contributed by atoms with Crippen molar-refractivity contribution in [2.75, 3.05) is 0 Å². The number of guanidine groups is 1. The highest BCUT2D eigenvalue weighted by atomic mass is 15.0. The van der Waals surface area contributed by atoms with Gasteiger partial charge in [-0.25, -0.2) is 4.99 Å². The minimum absolute atomic E-state index is 0.221. The molecule has 0 aliphatic heterocycles. The van der Waals surface area contributed by atoms with E-state index >= 15 is 0 Å². The predicted octanol–water partition coefficient (Wildman–Crippen LogP) is -0.711. The molecule has 1 aromatic carbocycles. The lowest BCUT2D eigenvalue weighted by Gasteiger charge is -1.99. The van der Waals surface area contributed by atoms with Crippen LogP contribution >= 0.6 is 0 Å². The van der Waals surface area contributed by atoms with Gasteiger partial charge in [-0.2, -0.15) is 0 Å². The van der Waals surface area contributed by atoms with Crippen molar-refractivity contribution >= 4 is 11.6 Å². The number of hydrogen-bond acceptors (Lipinski definition) is 0. The van der Waals surface area contributed by atoms with Gasteiger partial charge in [0.2, 0.25) is 0 Å². The summed E-state index contributed by atoms with van der Waals surface area (Å²) in [6.45, 7) is 4.11. The van der Waals surface area contributed by atoms with Crippen LogP contribution in [0.25, 0.3) is 0 Å². The fourth-order valence-corrected chi connectivity index (χ4v) is 0.986. The molecule has 0 saturated heterocycles. The number of benzene rings is 1. The molecule has 0 unspecified atom stereocenters. The van der Waals surface area contributed by atoms with Crippen LogP contribution < -0.4 is 16.5 Å². The minimum atomic E-state index is 0.221. The Morgan fingerprint density at radius 2 is 1.83 bits per heavy atom. The number of nitrogens with two attached hydrogens (primary N) is 2. The first kappa shape index (κ1) is 8.59. The monoisotopic (exact) mass is 164 g/mol. The first-order valence-electron chi connectivity index (χ1n) is 3.82. The Kier molecular flexibility index (Phi) is 2.33. The highest BCUT2D eigenvalue weighted by Gasteiger charge is 1.95. The summed E-state index contributed by atoms with van der Waals surface area (Å²) < 4.78 is 0. The van der Waals surface area contributed by atoms with Crippen LogP contribution in [0, 0.1) is 13.8 Å². The molecule has 5 N–H and O–H groups in total. The lowest BCUT2D eigenvalue weighted by molar-refractivity contribution is -0.356. The van der Waals surface area contributed by atoms with Crippen LogP contribution in [0.3, 0.4) is 0 Å². The van der Waals surface area contributed by atoms with Gasteiger partial charge < -0.3 is 0 Å². The highest BCUT2D eigenvalue weighted by Crippen LogP contribution is 2.08. The van der Waals surface area contributed by atoms with Crippen LogP contribution in [0.4, 0.5) is 5.69 Å². The second-order valence-electron chi connectivity index (χ2n) is 2.88. The molecular formula is C9H14N3+. The summed E-state index contributed by atoms with van der Waals surface area (Å²) in [5.41, 5.74) is 14.0. The Hall–Kier alpha value is -1.51. The lowest BCUT2D eigenvalue weighted by atomic mass is 10.1. The molecule has 0 amide bonds. The molecule has 1 aromatic rings. The highest BCUT2D eigenvalue weighted by molar-refractivity contribution is 5.70. The van der Waals surface area contributed by atoms with Crippen molar-refractivity contribution in [3.63, 3.8) is 0 Å². The van der Waals surface area contributed by atoms with Crippen LogP contribution in [0.2, 0.25) is 0 Å². The molecule has 0 bridgehead atoms. The number of rotatable bonds is 1. The standard InChI is InChI=1S/C9H13N3/c1-6-3-4-8(5-7(6)2)12-9(10)11/h3-5H,1-2H3,(H4,10,11,12)/p+1. The molecule has 0 radical (unpaired) electrons. The van der Waals surface area contributed by atoms with E-state index in [0.717, 1.165) is 5.69 Å². The summed E-state index contributed by atoms with van der Waals surface area (Å²) in [4.78, 5) is 2.84. The van der Waals surface area contributed by atoms with Gasteiger partial charge in [-0.1, -0.05) is 6.07 Å². The van der Waals surface area contributed by atoms with Gasteiger partial charge in [-0.15, -0.1) is 0 Å². The number of nitrogens with one attached hydrogen (secondary N) is 1. The molecule has 0 aliphatic carbocycles. The first-order chi connectivity index (χ1) is 5.59. The first-order valence-corrected chi connectivity index (χ1v) is 3.82. The molecule has 1 rings (SSSR count). The molecule has 0 fully saturated rings. The zero-order valence-corrected chi connectivity index (χ0v) is 7.39. The van der Waals surface area contributed by atoms with Crippen LogP contribution in [0.15, 0.2) is 18.2 Å². The SMILES string of the molecule is Cc1ccc([NH+]=C(N)N)cc1C. The van der Waals surface area contributed by atoms with Gasteiger partial charge in [0.15, 0.2) is 0 Å². The summed E-state index contributed by atoms with van der Waals surface area (Å²) in [7, 11) is 0. The van der Waals surface area contributed by atoms with Gasteiger partial charge >= 0.3 is 5.96 Å². The van der Waals surface area contributed by atoms with Gasteiger partial charge in [0.05, 0.1) is 5.69 Å². The average molecular weight is 164 g/mol. The van der Waals surface area contributed by atoms with Crippen molar-refractivity contribution in [1.29, 1.82) is 0 Å². The fourth-order valence-electron chi connectivity index (χ4n) is 0.986. The van der Waals surface area contributed by atoms with E-state index in [1.54, 1.807) is 0 Å². The van der Waals surface area contributed by atoms with Crippen molar-refractivity contribution in [3.8, 4) is 0 Å². The van der Waals surface area contributed by atoms with Crippen LogP contribution in [0.5, 0.6) is 0 Å². The third-order valence-electron chi connectivity index (χ3n) is 1.80. The van der Waals surface area contributed by atoms with Gasteiger partial charge in [0.1, 0.15) is 0 Å². The average Bonchev–Trinajstić information content (AvgIpc) is 1.96. The van der Waals surface area contributed by atoms with Crippen molar-refractivity contribution in [2.45, 2.75) is 13.8 Å². The van der Waals surface area contributed by atoms with E-state index in [1.807, 2.05) is 25.1 Å². The zero-order valence-electron chi connectivity index (χ0n) is 7.39. The van der Waals surface area contributed by atoms with Gasteiger partial charge in [0.25, 0.3) is 0 Å². The van der Waals surface area contributed by atoms with E-state index in [9.17, 15) is 0 Å². The molecule has 3 nitrogen and oxygen atoms in total. The second kappa shape index (κ2) is 3.26. The van der Waals surface area contributed by atoms with E-state index in [-0.39, 0.29) is 5.96 Å². The van der Waals surface area contributed by atoms with Gasteiger partial charge in [-0.3, -0.25) is 11.5 Å². The maximum atomic E-state index is 5.30. The molecule has 3 heteroatoms. The minimum Gasteiger partial charge on any atom is -0.291 e. The Bertz CT molecular complexity index is 312. The summed E-state index contributed by atoms with van der Waals surface area (Å²) in [5.74, 6) is 0.221. The Morgan fingerprint density at radius 1 is 1.17 bits per heavy atom. The smallest absolute Gasteiger partial charge is 0.291 e. The molecule has 0 atom stereocenters. The maximum Gasteiger partial charge on any atom is 0.343 e. The second-order valence-corrected chi connectivity index (χ2v) is 2.88. The van der Waals surface area contributed by atoms with E-state index in [1.165, 1.54) is 11.1 Å². The summed E-state index contributed by atoms with van der Waals surface area (Å²) in [5, 5.41) is 0. The molecule has 0 aliphatic rings. The third kappa shape index (κ3) is 1.99. The van der Waals surface area contributed by atoms with E-state index in [4.69, 9.17) is 11.5 Å². The van der Waals surface area contributed by atoms with Gasteiger partial charge in [-0.05, 0) is 37.1 Å². The summed E-state index contributed by atoms with van der Waals surface area (Å²) >= 11 is 0. The maximum absolute atomic E-state index is 5.30. The van der Waals surface area contributed by atoms with Crippen LogP contribution in [-0.2, 0) is 0 Å². The number of hydrogen-bond donors (Lipinski definition) is 3. The molecule has 0 aromatic heterocycles. The lowest BCUT2D eigenvalue weighted by Crippen LogP contribution is -2.72. The largest absolute Gasteiger partial charge is 0.343 e. The third-order valence-corrected chi connectivity index (χ3v) is 1.80. The zero-order chi connectivity index (χ0) is 9.14. The van der Waals surface area contributed by atoms with E-state index in [2.05, 4.69) is 11.9 Å². The molecular weight excluding hydrogens is 150 g/mol. The number of aryl methyl sites for hydroxylation is 2. The Labute approximate surface area is 72.1 Å². The van der Waals surface area contributed by atoms with Crippen molar-refractivity contribution in [3.05, 3.63) is 29.3 Å². The molecule has 64 valence electrons. The van der Waals surface area contributed by atoms with Gasteiger partial charge in [0, 0.05) is 0 Å². The Morgan fingerprint density at radius 3 is 2.33 bits per heavy atom. The van der Waals surface area contributed by atoms with Crippen molar-refractivity contribution in [2.24, 2.45) is 11.5 Å². The normalized spacial score (nSPS) is 9.50. The quantitative estimate of drug-likeness (QED) is 0.379. The van der Waals surface area contributed by atoms with Crippen LogP contribution in [-0.4, -0.2) is 5.96 Å². The molecule has 0 saturated carbocycles. The summed E-state index contributed by atoms with van der Waals surface area (Å²) in [6.07, 6.45) is 0. The fraction of sp³-hybridized carbons (Fsp3) is 0.222. The van der Waals surface area contributed by atoms with Crippen molar-refractivity contribution in [1.82, 2.24) is 0 Å². The van der Waals surface area contributed by atoms with E-state index < -0.39 is 0 Å². The van der Waals surface area contributed by atoms with Crippen LogP contribution in [0.1, 0.15) is 11.1 Å².